The molecular formula is C73H49N5. The van der Waals surface area contributed by atoms with E-state index in [0.717, 1.165) is 69.1 Å². The minimum absolute atomic E-state index is 0.133. The molecule has 2 aliphatic carbocycles. The standard InChI is InChI=1S/C73H49N5/c1-3-19-48-39-50(35-33-46(48)17-1)63-44-55(45-64(74-63)51-36-34-47-18-2-4-20-49(47)40-51)78-69-31-15-9-25-60(69)61-37-38-71-72(73(61)78)62-26-10-16-32-70(62)77(71)54-42-52(75-65-27-11-5-21-56(65)57-22-6-12-28-66(57)75)41-53(43-54)76-67-29-13-7-23-58(67)59-24-8-14-30-68(59)76/h1-14,16-30,32-45,56,65H,15,31H2. The van der Waals surface area contributed by atoms with E-state index in [2.05, 4.69) is 280 Å². The lowest BCUT2D eigenvalue weighted by molar-refractivity contribution is 0.744. The topological polar surface area (TPSA) is 30.9 Å². The van der Waals surface area contributed by atoms with Crippen LogP contribution in [0.15, 0.2) is 255 Å². The molecule has 5 nitrogen and oxygen atoms in total. The highest BCUT2D eigenvalue weighted by Gasteiger charge is 2.38. The molecule has 3 aliphatic rings. The lowest BCUT2D eigenvalue weighted by atomic mass is 9.91. The Hall–Kier alpha value is -9.97. The zero-order valence-corrected chi connectivity index (χ0v) is 42.6. The molecule has 4 aromatic heterocycles. The van der Waals surface area contributed by atoms with Crippen LogP contribution in [0.25, 0.3) is 122 Å². The Bertz CT molecular complexity index is 4810. The highest BCUT2D eigenvalue weighted by molar-refractivity contribution is 6.22. The minimum Gasteiger partial charge on any atom is -0.333 e. The van der Waals surface area contributed by atoms with Crippen molar-refractivity contribution in [1.29, 1.82) is 0 Å². The van der Waals surface area contributed by atoms with Gasteiger partial charge in [0.25, 0.3) is 0 Å². The summed E-state index contributed by atoms with van der Waals surface area (Å²) in [6.07, 6.45) is 15.8. The Morgan fingerprint density at radius 3 is 1.65 bits per heavy atom. The van der Waals surface area contributed by atoms with E-state index in [4.69, 9.17) is 4.98 Å². The van der Waals surface area contributed by atoms with E-state index in [9.17, 15) is 0 Å². The van der Waals surface area contributed by atoms with E-state index < -0.39 is 0 Å². The van der Waals surface area contributed by atoms with Crippen LogP contribution in [0.3, 0.4) is 0 Å². The van der Waals surface area contributed by atoms with Gasteiger partial charge in [-0.15, -0.1) is 0 Å². The zero-order valence-electron chi connectivity index (χ0n) is 42.6. The molecule has 2 unspecified atom stereocenters. The van der Waals surface area contributed by atoms with Crippen molar-refractivity contribution in [3.8, 4) is 39.6 Å². The van der Waals surface area contributed by atoms with E-state index in [1.807, 2.05) is 0 Å². The first kappa shape index (κ1) is 43.3. The first-order valence-corrected chi connectivity index (χ1v) is 27.3. The van der Waals surface area contributed by atoms with Gasteiger partial charge in [0.15, 0.2) is 0 Å². The summed E-state index contributed by atoms with van der Waals surface area (Å²) in [7, 11) is 0. The molecule has 0 spiro atoms. The number of hydrogen-bond donors (Lipinski definition) is 0. The average molecular weight is 996 g/mol. The van der Waals surface area contributed by atoms with Crippen molar-refractivity contribution in [2.45, 2.75) is 24.8 Å². The summed E-state index contributed by atoms with van der Waals surface area (Å²) in [5, 5.41) is 11.0. The van der Waals surface area contributed by atoms with Crippen molar-refractivity contribution in [1.82, 2.24) is 18.7 Å². The number of nitrogens with zero attached hydrogens (tertiary/aromatic N) is 5. The second-order valence-electron chi connectivity index (χ2n) is 21.4. The van der Waals surface area contributed by atoms with Crippen LogP contribution in [-0.4, -0.2) is 24.7 Å². The van der Waals surface area contributed by atoms with Crippen molar-refractivity contribution in [3.05, 3.63) is 272 Å². The third-order valence-electron chi connectivity index (χ3n) is 17.1. The molecule has 0 saturated heterocycles. The first-order valence-electron chi connectivity index (χ1n) is 27.3. The van der Waals surface area contributed by atoms with Crippen LogP contribution in [0, 0.1) is 0 Å². The maximum absolute atomic E-state index is 5.55. The highest BCUT2D eigenvalue weighted by Crippen LogP contribution is 2.50. The molecular weight excluding hydrogens is 947 g/mol. The predicted molar refractivity (Wildman–Crippen MR) is 326 cm³/mol. The van der Waals surface area contributed by atoms with Gasteiger partial charge in [0, 0.05) is 66.6 Å². The highest BCUT2D eigenvalue weighted by atomic mass is 15.2. The Morgan fingerprint density at radius 1 is 0.410 bits per heavy atom. The lowest BCUT2D eigenvalue weighted by Gasteiger charge is -2.30. The van der Waals surface area contributed by atoms with Crippen LogP contribution >= 0.6 is 0 Å². The van der Waals surface area contributed by atoms with Crippen molar-refractivity contribution in [2.75, 3.05) is 4.90 Å². The Balaban J connectivity index is 0.956. The number of hydrogen-bond acceptors (Lipinski definition) is 2. The maximum atomic E-state index is 5.55. The molecule has 0 amide bonds. The van der Waals surface area contributed by atoms with Gasteiger partial charge in [0.05, 0.1) is 62.1 Å². The largest absolute Gasteiger partial charge is 0.333 e. The zero-order chi connectivity index (χ0) is 51.0. The quantitative estimate of drug-likeness (QED) is 0.166. The molecule has 14 aromatic rings. The van der Waals surface area contributed by atoms with Gasteiger partial charge in [0.1, 0.15) is 0 Å². The number of aromatic nitrogens is 4. The fourth-order valence-electron chi connectivity index (χ4n) is 13.7. The molecule has 366 valence electrons. The maximum Gasteiger partial charge on any atom is 0.0730 e. The minimum atomic E-state index is 0.133. The molecule has 17 rings (SSSR count). The average Bonchev–Trinajstić information content (AvgIpc) is 4.32. The van der Waals surface area contributed by atoms with Gasteiger partial charge < -0.3 is 18.6 Å². The van der Waals surface area contributed by atoms with Gasteiger partial charge >= 0.3 is 0 Å². The summed E-state index contributed by atoms with van der Waals surface area (Å²) in [5.74, 6) is 0.248. The third-order valence-corrected chi connectivity index (χ3v) is 17.1. The van der Waals surface area contributed by atoms with Crippen LogP contribution in [0.2, 0.25) is 0 Å². The van der Waals surface area contributed by atoms with E-state index in [1.54, 1.807) is 0 Å². The molecule has 78 heavy (non-hydrogen) atoms. The summed E-state index contributed by atoms with van der Waals surface area (Å²) in [6.45, 7) is 0. The number of pyridine rings is 1. The molecule has 1 aliphatic heterocycles. The van der Waals surface area contributed by atoms with Crippen LogP contribution in [0.1, 0.15) is 29.2 Å². The molecule has 2 atom stereocenters. The van der Waals surface area contributed by atoms with Gasteiger partial charge in [0.2, 0.25) is 0 Å². The van der Waals surface area contributed by atoms with Crippen molar-refractivity contribution < 1.29 is 0 Å². The summed E-state index contributed by atoms with van der Waals surface area (Å²) in [4.78, 5) is 8.13. The van der Waals surface area contributed by atoms with Gasteiger partial charge in [-0.1, -0.05) is 188 Å². The summed E-state index contributed by atoms with van der Waals surface area (Å²) >= 11 is 0. The monoisotopic (exact) mass is 995 g/mol. The Morgan fingerprint density at radius 2 is 0.962 bits per heavy atom. The molecule has 0 bridgehead atoms. The van der Waals surface area contributed by atoms with E-state index >= 15 is 0 Å². The molecule has 5 heterocycles. The smallest absolute Gasteiger partial charge is 0.0730 e. The van der Waals surface area contributed by atoms with Crippen molar-refractivity contribution in [3.63, 3.8) is 0 Å². The number of fused-ring (bicyclic) bond motifs is 15. The number of rotatable bonds is 6. The number of para-hydroxylation sites is 4. The van der Waals surface area contributed by atoms with Crippen molar-refractivity contribution in [2.24, 2.45) is 0 Å². The van der Waals surface area contributed by atoms with E-state index in [-0.39, 0.29) is 12.0 Å². The number of anilines is 2. The molecule has 10 aromatic carbocycles. The van der Waals surface area contributed by atoms with E-state index in [1.165, 1.54) is 87.5 Å². The third kappa shape index (κ3) is 6.39. The number of benzene rings is 10. The molecule has 0 fully saturated rings. The second kappa shape index (κ2) is 16.8. The van der Waals surface area contributed by atoms with Gasteiger partial charge in [-0.25, -0.2) is 4.98 Å². The summed E-state index contributed by atoms with van der Waals surface area (Å²) in [6, 6.07) is 83.5. The normalized spacial score (nSPS) is 15.7. The fraction of sp³-hybridized carbons (Fsp3) is 0.0548. The first-order chi connectivity index (χ1) is 38.7. The van der Waals surface area contributed by atoms with Gasteiger partial charge in [-0.05, 0) is 113 Å². The van der Waals surface area contributed by atoms with Crippen molar-refractivity contribution >= 4 is 93.5 Å². The summed E-state index contributed by atoms with van der Waals surface area (Å²) < 4.78 is 7.63. The van der Waals surface area contributed by atoms with E-state index in [0.29, 0.717) is 0 Å². The van der Waals surface area contributed by atoms with Crippen LogP contribution in [-0.2, 0) is 6.42 Å². The fourth-order valence-corrected chi connectivity index (χ4v) is 13.7. The Labute approximate surface area is 450 Å². The SMILES string of the molecule is C1=CC2c3ccccc3N(c3cc(-n4c5ccccc5c5ccccc54)cc(-n4c5ccccc5c5c6c(ccc54)c4c(n6-c5cc(-c6ccc7ccccc7c6)nc(-c6ccc7ccccc7c6)c5)CCC=C4)c3)C2C=C1. The van der Waals surface area contributed by atoms with Crippen LogP contribution in [0.4, 0.5) is 11.4 Å². The molecule has 0 N–H and O–H groups in total. The predicted octanol–water partition coefficient (Wildman–Crippen LogP) is 18.5. The van der Waals surface area contributed by atoms with Gasteiger partial charge in [-0.3, -0.25) is 0 Å². The van der Waals surface area contributed by atoms with Gasteiger partial charge in [-0.2, -0.15) is 0 Å². The summed E-state index contributed by atoms with van der Waals surface area (Å²) in [5.41, 5.74) is 19.7. The number of allylic oxidation sites excluding steroid dienone is 3. The second-order valence-corrected chi connectivity index (χ2v) is 21.4. The molecule has 0 radical (unpaired) electrons. The Kier molecular flexibility index (Phi) is 9.30. The molecule has 0 saturated carbocycles. The lowest BCUT2D eigenvalue weighted by Crippen LogP contribution is -2.28. The molecule has 5 heteroatoms. The van der Waals surface area contributed by atoms with Crippen LogP contribution in [0.5, 0.6) is 0 Å². The van der Waals surface area contributed by atoms with Crippen LogP contribution < -0.4 is 4.90 Å².